The molecule has 0 bridgehead atoms. The van der Waals surface area contributed by atoms with Crippen LogP contribution in [-0.2, 0) is 9.53 Å². The summed E-state index contributed by atoms with van der Waals surface area (Å²) < 4.78 is 10.5. The van der Waals surface area contributed by atoms with Crippen molar-refractivity contribution in [2.45, 2.75) is 19.8 Å². The Balaban J connectivity index is 0.00000312. The first-order chi connectivity index (χ1) is 11.7. The second-order valence-corrected chi connectivity index (χ2v) is 5.68. The number of piperidine rings is 1. The molecule has 1 saturated heterocycles. The molecule has 0 radical (unpaired) electrons. The van der Waals surface area contributed by atoms with Gasteiger partial charge >= 0.3 is 5.97 Å². The summed E-state index contributed by atoms with van der Waals surface area (Å²) in [7, 11) is 1.45. The van der Waals surface area contributed by atoms with Crippen molar-refractivity contribution in [3.63, 3.8) is 0 Å². The summed E-state index contributed by atoms with van der Waals surface area (Å²) in [6.07, 6.45) is 1.61. The summed E-state index contributed by atoms with van der Waals surface area (Å²) in [5, 5.41) is 3.31. The van der Waals surface area contributed by atoms with Crippen LogP contribution in [0.25, 0.3) is 0 Å². The number of nitrogens with zero attached hydrogens (tertiary/aromatic N) is 2. The number of likely N-dealkylation sites (tertiary alicyclic amines) is 1. The second kappa shape index (κ2) is 11.9. The largest absolute Gasteiger partial charge is 0.492 e. The fraction of sp³-hybridized carbons (Fsp3) is 0.556. The lowest BCUT2D eigenvalue weighted by molar-refractivity contribution is -0.146. The van der Waals surface area contributed by atoms with E-state index in [1.54, 1.807) is 0 Å². The first-order valence-electron chi connectivity index (χ1n) is 8.53. The van der Waals surface area contributed by atoms with Gasteiger partial charge in [-0.2, -0.15) is 0 Å². The summed E-state index contributed by atoms with van der Waals surface area (Å²) in [6, 6.07) is 9.74. The van der Waals surface area contributed by atoms with E-state index in [9.17, 15) is 4.79 Å². The number of hydrogen-bond donors (Lipinski definition) is 1. The number of guanidine groups is 1. The van der Waals surface area contributed by atoms with E-state index < -0.39 is 0 Å². The third kappa shape index (κ3) is 7.09. The molecule has 2 rings (SSSR count). The summed E-state index contributed by atoms with van der Waals surface area (Å²) in [5.74, 6) is 1.65. The molecule has 0 amide bonds. The minimum Gasteiger partial charge on any atom is -0.492 e. The van der Waals surface area contributed by atoms with E-state index in [1.807, 2.05) is 30.3 Å². The Labute approximate surface area is 167 Å². The van der Waals surface area contributed by atoms with Gasteiger partial charge in [-0.15, -0.1) is 24.0 Å². The number of aliphatic imine (C=N–C) groups is 1. The Morgan fingerprint density at radius 3 is 2.56 bits per heavy atom. The van der Waals surface area contributed by atoms with Gasteiger partial charge in [-0.05, 0) is 31.9 Å². The smallest absolute Gasteiger partial charge is 0.308 e. The zero-order chi connectivity index (χ0) is 17.2. The van der Waals surface area contributed by atoms with Crippen LogP contribution < -0.4 is 10.1 Å². The third-order valence-electron chi connectivity index (χ3n) is 4.03. The van der Waals surface area contributed by atoms with Gasteiger partial charge in [0.05, 0.1) is 19.6 Å². The summed E-state index contributed by atoms with van der Waals surface area (Å²) in [5.41, 5.74) is 0. The lowest BCUT2D eigenvalue weighted by atomic mass is 9.97. The molecule has 1 aromatic carbocycles. The number of carbonyl (C=O) groups excluding carboxylic acids is 1. The molecule has 140 valence electrons. The molecule has 7 heteroatoms. The maximum Gasteiger partial charge on any atom is 0.308 e. The first kappa shape index (κ1) is 21.5. The van der Waals surface area contributed by atoms with Gasteiger partial charge in [0.15, 0.2) is 5.96 Å². The van der Waals surface area contributed by atoms with Gasteiger partial charge in [0, 0.05) is 19.6 Å². The number of ether oxygens (including phenoxy) is 2. The van der Waals surface area contributed by atoms with Crippen molar-refractivity contribution in [2.75, 3.05) is 39.9 Å². The van der Waals surface area contributed by atoms with Crippen LogP contribution in [0.5, 0.6) is 5.75 Å². The fourth-order valence-corrected chi connectivity index (χ4v) is 2.75. The molecule has 0 aromatic heterocycles. The van der Waals surface area contributed by atoms with Crippen molar-refractivity contribution in [1.82, 2.24) is 10.2 Å². The van der Waals surface area contributed by atoms with Gasteiger partial charge in [0.1, 0.15) is 12.4 Å². The van der Waals surface area contributed by atoms with Crippen LogP contribution in [0.4, 0.5) is 0 Å². The summed E-state index contributed by atoms with van der Waals surface area (Å²) >= 11 is 0. The van der Waals surface area contributed by atoms with Gasteiger partial charge in [-0.1, -0.05) is 18.2 Å². The minimum absolute atomic E-state index is 0. The van der Waals surface area contributed by atoms with Crippen molar-refractivity contribution in [1.29, 1.82) is 0 Å². The predicted molar refractivity (Wildman–Crippen MR) is 110 cm³/mol. The highest BCUT2D eigenvalue weighted by atomic mass is 127. The maximum absolute atomic E-state index is 11.6. The fourth-order valence-electron chi connectivity index (χ4n) is 2.75. The number of carbonyl (C=O) groups is 1. The molecule has 25 heavy (non-hydrogen) atoms. The molecular weight excluding hydrogens is 433 g/mol. The van der Waals surface area contributed by atoms with Gasteiger partial charge in [0.25, 0.3) is 0 Å². The molecule has 0 saturated carbocycles. The Bertz CT molecular complexity index is 532. The van der Waals surface area contributed by atoms with Crippen LogP contribution in [0.1, 0.15) is 19.8 Å². The third-order valence-corrected chi connectivity index (χ3v) is 4.03. The number of benzene rings is 1. The molecule has 1 aromatic rings. The van der Waals surface area contributed by atoms with Crippen LogP contribution in [-0.4, -0.2) is 56.7 Å². The van der Waals surface area contributed by atoms with Crippen molar-refractivity contribution in [3.8, 4) is 5.75 Å². The minimum atomic E-state index is -0.104. The molecule has 0 aliphatic carbocycles. The molecular formula is C18H28IN3O3. The van der Waals surface area contributed by atoms with Crippen LogP contribution in [0.2, 0.25) is 0 Å². The standard InChI is InChI=1S/C18H27N3O3.HI/c1-3-19-18(20-11-14-24-16-7-5-4-6-8-16)21-12-9-15(10-13-21)17(22)23-2;/h4-8,15H,3,9-14H2,1-2H3,(H,19,20);1H. The molecule has 1 heterocycles. The number of esters is 1. The number of hydrogen-bond acceptors (Lipinski definition) is 4. The predicted octanol–water partition coefficient (Wildman–Crippen LogP) is 2.53. The highest BCUT2D eigenvalue weighted by molar-refractivity contribution is 14.0. The van der Waals surface area contributed by atoms with E-state index in [-0.39, 0.29) is 35.9 Å². The quantitative estimate of drug-likeness (QED) is 0.232. The molecule has 0 unspecified atom stereocenters. The van der Waals surface area contributed by atoms with E-state index in [2.05, 4.69) is 22.1 Å². The van der Waals surface area contributed by atoms with Gasteiger partial charge in [0.2, 0.25) is 0 Å². The maximum atomic E-state index is 11.6. The average Bonchev–Trinajstić information content (AvgIpc) is 2.64. The lowest BCUT2D eigenvalue weighted by Crippen LogP contribution is -2.46. The summed E-state index contributed by atoms with van der Waals surface area (Å²) in [6.45, 7) is 5.62. The number of halogens is 1. The highest BCUT2D eigenvalue weighted by Crippen LogP contribution is 2.18. The number of para-hydroxylation sites is 1. The molecule has 0 spiro atoms. The Morgan fingerprint density at radius 1 is 1.28 bits per heavy atom. The van der Waals surface area contributed by atoms with Gasteiger partial charge in [-0.25, -0.2) is 4.99 Å². The van der Waals surface area contributed by atoms with Crippen LogP contribution in [0.3, 0.4) is 0 Å². The number of rotatable bonds is 6. The zero-order valence-corrected chi connectivity index (χ0v) is 17.3. The van der Waals surface area contributed by atoms with Crippen molar-refractivity contribution in [2.24, 2.45) is 10.9 Å². The van der Waals surface area contributed by atoms with Crippen molar-refractivity contribution >= 4 is 35.9 Å². The molecule has 6 nitrogen and oxygen atoms in total. The molecule has 1 aliphatic rings. The average molecular weight is 461 g/mol. The van der Waals surface area contributed by atoms with E-state index in [0.29, 0.717) is 13.2 Å². The van der Waals surface area contributed by atoms with Crippen molar-refractivity contribution in [3.05, 3.63) is 30.3 Å². The van der Waals surface area contributed by atoms with Crippen LogP contribution >= 0.6 is 24.0 Å². The second-order valence-electron chi connectivity index (χ2n) is 5.68. The Hall–Kier alpha value is -1.51. The molecule has 1 fully saturated rings. The first-order valence-corrected chi connectivity index (χ1v) is 8.53. The van der Waals surface area contributed by atoms with E-state index in [0.717, 1.165) is 44.2 Å². The Morgan fingerprint density at radius 2 is 1.96 bits per heavy atom. The van der Waals surface area contributed by atoms with Gasteiger partial charge in [-0.3, -0.25) is 4.79 Å². The van der Waals surface area contributed by atoms with E-state index in [1.165, 1.54) is 7.11 Å². The highest BCUT2D eigenvalue weighted by Gasteiger charge is 2.26. The summed E-state index contributed by atoms with van der Waals surface area (Å²) in [4.78, 5) is 18.4. The Kier molecular flexibility index (Phi) is 10.3. The topological polar surface area (TPSA) is 63.2 Å². The SMILES string of the molecule is CCNC(=NCCOc1ccccc1)N1CCC(C(=O)OC)CC1.I. The monoisotopic (exact) mass is 461 g/mol. The normalized spacial score (nSPS) is 15.3. The molecule has 1 N–H and O–H groups in total. The van der Waals surface area contributed by atoms with E-state index >= 15 is 0 Å². The number of nitrogens with one attached hydrogen (secondary N) is 1. The van der Waals surface area contributed by atoms with Crippen LogP contribution in [0.15, 0.2) is 35.3 Å². The molecule has 1 aliphatic heterocycles. The van der Waals surface area contributed by atoms with E-state index in [4.69, 9.17) is 9.47 Å². The lowest BCUT2D eigenvalue weighted by Gasteiger charge is -2.33. The van der Waals surface area contributed by atoms with Gasteiger partial charge < -0.3 is 19.7 Å². The van der Waals surface area contributed by atoms with Crippen LogP contribution in [0, 0.1) is 5.92 Å². The zero-order valence-electron chi connectivity index (χ0n) is 14.9. The van der Waals surface area contributed by atoms with Crippen molar-refractivity contribution < 1.29 is 14.3 Å². The number of methoxy groups -OCH3 is 1. The molecule has 0 atom stereocenters.